The van der Waals surface area contributed by atoms with Crippen LogP contribution in [0.25, 0.3) is 0 Å². The fourth-order valence-corrected chi connectivity index (χ4v) is 4.73. The van der Waals surface area contributed by atoms with Crippen molar-refractivity contribution in [2.24, 2.45) is 0 Å². The van der Waals surface area contributed by atoms with Gasteiger partial charge in [0, 0.05) is 19.2 Å². The van der Waals surface area contributed by atoms with Crippen molar-refractivity contribution in [2.75, 3.05) is 29.0 Å². The predicted octanol–water partition coefficient (Wildman–Crippen LogP) is 2.67. The van der Waals surface area contributed by atoms with Gasteiger partial charge in [-0.3, -0.25) is 13.9 Å². The lowest BCUT2D eigenvalue weighted by Gasteiger charge is -2.28. The highest BCUT2D eigenvalue weighted by Gasteiger charge is 2.30. The molecule has 2 amide bonds. The van der Waals surface area contributed by atoms with E-state index in [4.69, 9.17) is 4.74 Å². The summed E-state index contributed by atoms with van der Waals surface area (Å²) in [6, 6.07) is 7.49. The Balaban J connectivity index is 1.79. The lowest BCUT2D eigenvalue weighted by molar-refractivity contribution is -0.116. The summed E-state index contributed by atoms with van der Waals surface area (Å²) < 4.78 is 57.9. The number of carbonyl (C=O) groups is 2. The minimum Gasteiger partial charge on any atom is -0.376 e. The van der Waals surface area contributed by atoms with E-state index in [1.807, 2.05) is 0 Å². The van der Waals surface area contributed by atoms with Crippen LogP contribution < -0.4 is 14.9 Å². The molecule has 2 aromatic rings. The quantitative estimate of drug-likeness (QED) is 0.603. The lowest BCUT2D eigenvalue weighted by atomic mass is 10.1. The molecule has 0 bridgehead atoms. The van der Waals surface area contributed by atoms with Gasteiger partial charge in [0.05, 0.1) is 29.3 Å². The van der Waals surface area contributed by atoms with Crippen LogP contribution in [-0.4, -0.2) is 51.8 Å². The second-order valence-electron chi connectivity index (χ2n) is 7.71. The highest BCUT2D eigenvalue weighted by atomic mass is 32.2. The maximum Gasteiger partial charge on any atom is 0.253 e. The molecule has 33 heavy (non-hydrogen) atoms. The van der Waals surface area contributed by atoms with E-state index in [-0.39, 0.29) is 23.0 Å². The molecule has 0 spiro atoms. The Labute approximate surface area is 191 Å². The Bertz CT molecular complexity index is 1140. The molecule has 2 atom stereocenters. The fraction of sp³-hybridized carbons (Fsp3) is 0.364. The molecule has 0 aromatic heterocycles. The molecule has 1 fully saturated rings. The van der Waals surface area contributed by atoms with E-state index in [0.29, 0.717) is 23.5 Å². The van der Waals surface area contributed by atoms with Crippen molar-refractivity contribution in [3.8, 4) is 0 Å². The van der Waals surface area contributed by atoms with E-state index in [1.165, 1.54) is 19.1 Å². The molecule has 1 heterocycles. The van der Waals surface area contributed by atoms with Crippen molar-refractivity contribution in [3.05, 3.63) is 59.7 Å². The molecule has 0 aliphatic carbocycles. The summed E-state index contributed by atoms with van der Waals surface area (Å²) >= 11 is 0. The SMILES string of the molecule is C[C@@H](C(=O)Nc1ccccc1C(=O)NC[C@H]1CCCO1)N(c1ccc(F)c(F)c1)S(C)(=O)=O. The van der Waals surface area contributed by atoms with Crippen LogP contribution in [0.2, 0.25) is 0 Å². The van der Waals surface area contributed by atoms with Crippen LogP contribution in [0.5, 0.6) is 0 Å². The van der Waals surface area contributed by atoms with Crippen molar-refractivity contribution in [1.29, 1.82) is 0 Å². The third kappa shape index (κ3) is 6.05. The summed E-state index contributed by atoms with van der Waals surface area (Å²) in [5.74, 6) is -3.58. The fourth-order valence-electron chi connectivity index (χ4n) is 3.57. The molecule has 0 radical (unpaired) electrons. The van der Waals surface area contributed by atoms with Crippen LogP contribution in [0.3, 0.4) is 0 Å². The van der Waals surface area contributed by atoms with Crippen molar-refractivity contribution < 1.29 is 31.5 Å². The molecule has 2 N–H and O–H groups in total. The maximum atomic E-state index is 13.7. The molecule has 3 rings (SSSR count). The number of sulfonamides is 1. The Kier molecular flexibility index (Phi) is 7.65. The second-order valence-corrected chi connectivity index (χ2v) is 9.57. The van der Waals surface area contributed by atoms with Gasteiger partial charge in [0.25, 0.3) is 5.91 Å². The Hall–Kier alpha value is -3.05. The van der Waals surface area contributed by atoms with Crippen molar-refractivity contribution in [1.82, 2.24) is 5.32 Å². The molecule has 11 heteroatoms. The summed E-state index contributed by atoms with van der Waals surface area (Å²) in [5.41, 5.74) is 0.161. The number of nitrogens with one attached hydrogen (secondary N) is 2. The Morgan fingerprint density at radius 1 is 1.18 bits per heavy atom. The van der Waals surface area contributed by atoms with Crippen LogP contribution >= 0.6 is 0 Å². The summed E-state index contributed by atoms with van der Waals surface area (Å²) in [4.78, 5) is 25.6. The molecular formula is C22H25F2N3O5S. The summed E-state index contributed by atoms with van der Waals surface area (Å²) in [6.45, 7) is 2.28. The average molecular weight is 482 g/mol. The number of halogens is 2. The maximum absolute atomic E-state index is 13.7. The number of benzene rings is 2. The van der Waals surface area contributed by atoms with Crippen molar-refractivity contribution >= 4 is 33.2 Å². The number of amides is 2. The van der Waals surface area contributed by atoms with E-state index in [1.54, 1.807) is 12.1 Å². The summed E-state index contributed by atoms with van der Waals surface area (Å²) in [7, 11) is -4.04. The molecule has 1 aliphatic rings. The van der Waals surface area contributed by atoms with Gasteiger partial charge in [-0.1, -0.05) is 12.1 Å². The number of rotatable bonds is 8. The highest BCUT2D eigenvalue weighted by Crippen LogP contribution is 2.24. The molecule has 8 nitrogen and oxygen atoms in total. The number of hydrogen-bond donors (Lipinski definition) is 2. The molecule has 178 valence electrons. The number of carbonyl (C=O) groups excluding carboxylic acids is 2. The van der Waals surface area contributed by atoms with Gasteiger partial charge in [0.1, 0.15) is 6.04 Å². The first kappa shape index (κ1) is 24.6. The van der Waals surface area contributed by atoms with Crippen molar-refractivity contribution in [2.45, 2.75) is 31.9 Å². The third-order valence-electron chi connectivity index (χ3n) is 5.19. The first-order chi connectivity index (χ1) is 15.6. The number of ether oxygens (including phenoxy) is 1. The Morgan fingerprint density at radius 3 is 2.55 bits per heavy atom. The molecule has 0 unspecified atom stereocenters. The summed E-state index contributed by atoms with van der Waals surface area (Å²) in [6.07, 6.45) is 2.57. The van der Waals surface area contributed by atoms with Gasteiger partial charge >= 0.3 is 0 Å². The van der Waals surface area contributed by atoms with Gasteiger partial charge in [-0.25, -0.2) is 17.2 Å². The first-order valence-electron chi connectivity index (χ1n) is 10.3. The van der Waals surface area contributed by atoms with Gasteiger partial charge in [-0.15, -0.1) is 0 Å². The molecule has 0 saturated carbocycles. The van der Waals surface area contributed by atoms with Crippen LogP contribution in [0.4, 0.5) is 20.2 Å². The van der Waals surface area contributed by atoms with Gasteiger partial charge in [0.15, 0.2) is 11.6 Å². The van der Waals surface area contributed by atoms with E-state index in [9.17, 15) is 26.8 Å². The predicted molar refractivity (Wildman–Crippen MR) is 120 cm³/mol. The van der Waals surface area contributed by atoms with Gasteiger partial charge in [-0.05, 0) is 44.0 Å². The number of anilines is 2. The van der Waals surface area contributed by atoms with Crippen LogP contribution in [0, 0.1) is 11.6 Å². The summed E-state index contributed by atoms with van der Waals surface area (Å²) in [5, 5.41) is 5.33. The van der Waals surface area contributed by atoms with E-state index >= 15 is 0 Å². The lowest BCUT2D eigenvalue weighted by Crippen LogP contribution is -2.45. The molecule has 2 aromatic carbocycles. The molecular weight excluding hydrogens is 456 g/mol. The normalized spacial score (nSPS) is 16.8. The van der Waals surface area contributed by atoms with E-state index in [0.717, 1.165) is 31.2 Å². The number of hydrogen-bond acceptors (Lipinski definition) is 5. The second kappa shape index (κ2) is 10.3. The standard InChI is InChI=1S/C22H25F2N3O5S/c1-14(27(33(2,30)31)15-9-10-18(23)19(24)12-15)21(28)26-20-8-4-3-7-17(20)22(29)25-13-16-6-5-11-32-16/h3-4,7-10,12,14,16H,5-6,11,13H2,1-2H3,(H,25,29)(H,26,28)/t14-,16+/m0/s1. The van der Waals surface area contributed by atoms with Gasteiger partial charge in [-0.2, -0.15) is 0 Å². The van der Waals surface area contributed by atoms with E-state index in [2.05, 4.69) is 10.6 Å². The third-order valence-corrected chi connectivity index (χ3v) is 6.43. The average Bonchev–Trinajstić information content (AvgIpc) is 3.27. The smallest absolute Gasteiger partial charge is 0.253 e. The Morgan fingerprint density at radius 2 is 1.91 bits per heavy atom. The zero-order valence-corrected chi connectivity index (χ0v) is 19.0. The van der Waals surface area contributed by atoms with Crippen molar-refractivity contribution in [3.63, 3.8) is 0 Å². The topological polar surface area (TPSA) is 105 Å². The molecule has 1 saturated heterocycles. The number of para-hydroxylation sites is 1. The monoisotopic (exact) mass is 481 g/mol. The minimum absolute atomic E-state index is 0.0600. The largest absolute Gasteiger partial charge is 0.376 e. The number of nitrogens with zero attached hydrogens (tertiary/aromatic N) is 1. The zero-order chi connectivity index (χ0) is 24.2. The van der Waals surface area contributed by atoms with Crippen LogP contribution in [-0.2, 0) is 19.6 Å². The molecule has 1 aliphatic heterocycles. The van der Waals surface area contributed by atoms with Crippen LogP contribution in [0.15, 0.2) is 42.5 Å². The first-order valence-corrected chi connectivity index (χ1v) is 12.2. The van der Waals surface area contributed by atoms with E-state index < -0.39 is 39.5 Å². The van der Waals surface area contributed by atoms with Gasteiger partial charge in [0.2, 0.25) is 15.9 Å². The zero-order valence-electron chi connectivity index (χ0n) is 18.2. The highest BCUT2D eigenvalue weighted by molar-refractivity contribution is 7.92. The van der Waals surface area contributed by atoms with Gasteiger partial charge < -0.3 is 15.4 Å². The minimum atomic E-state index is -4.04. The van der Waals surface area contributed by atoms with Crippen LogP contribution in [0.1, 0.15) is 30.1 Å².